The van der Waals surface area contributed by atoms with Crippen molar-refractivity contribution in [2.75, 3.05) is 0 Å². The normalized spacial score (nSPS) is 21.8. The van der Waals surface area contributed by atoms with Crippen molar-refractivity contribution in [3.8, 4) is 0 Å². The van der Waals surface area contributed by atoms with Crippen LogP contribution in [0.3, 0.4) is 0 Å². The molecule has 5 rings (SSSR count). The Balaban J connectivity index is 0.00000157. The first-order valence-electron chi connectivity index (χ1n) is 7.74. The number of allylic oxidation sites excluding steroid dienone is 12. The van der Waals surface area contributed by atoms with Gasteiger partial charge in [0.1, 0.15) is 0 Å². The minimum atomic E-state index is 0. The van der Waals surface area contributed by atoms with Crippen molar-refractivity contribution in [3.05, 3.63) is 95.7 Å². The predicted molar refractivity (Wildman–Crippen MR) is 107 cm³/mol. The Bertz CT molecular complexity index is 848. The number of hydrogen-bond donors (Lipinski definition) is 0. The first-order chi connectivity index (χ1) is 11.8. The fraction of sp³-hybridized carbons (Fsp3) is 0. The van der Waals surface area contributed by atoms with Gasteiger partial charge in [-0.05, 0) is 72.9 Å². The molecule has 0 fully saturated rings. The van der Waals surface area contributed by atoms with Crippen LogP contribution in [0.25, 0.3) is 0 Å². The monoisotopic (exact) mass is 518 g/mol. The molecule has 0 aromatic carbocycles. The fourth-order valence-corrected chi connectivity index (χ4v) is 2.83. The van der Waals surface area contributed by atoms with Crippen LogP contribution in [0.5, 0.6) is 0 Å². The summed E-state index contributed by atoms with van der Waals surface area (Å²) in [5, 5.41) is 0. The van der Waals surface area contributed by atoms with Crippen LogP contribution in [0.15, 0.2) is 116 Å². The van der Waals surface area contributed by atoms with Crippen LogP contribution in [-0.4, -0.2) is 50.1 Å². The van der Waals surface area contributed by atoms with Gasteiger partial charge < -0.3 is 0 Å². The summed E-state index contributed by atoms with van der Waals surface area (Å²) in [6.07, 6.45) is 23.8. The summed E-state index contributed by atoms with van der Waals surface area (Å²) in [6, 6.07) is 0. The van der Waals surface area contributed by atoms with E-state index in [9.17, 15) is 0 Å². The molecule has 118 valence electrons. The molecule has 25 heavy (non-hydrogen) atoms. The van der Waals surface area contributed by atoms with Gasteiger partial charge in [0, 0.05) is 0 Å². The van der Waals surface area contributed by atoms with Crippen molar-refractivity contribution in [2.24, 2.45) is 20.0 Å². The number of rotatable bonds is 0. The zero-order chi connectivity index (χ0) is 15.9. The van der Waals surface area contributed by atoms with Crippen LogP contribution in [0.2, 0.25) is 0 Å². The topological polar surface area (TPSA) is 49.4 Å². The van der Waals surface area contributed by atoms with Crippen molar-refractivity contribution in [2.45, 2.75) is 0 Å². The van der Waals surface area contributed by atoms with Crippen molar-refractivity contribution in [1.82, 2.24) is 0 Å². The van der Waals surface area contributed by atoms with Crippen LogP contribution in [0.4, 0.5) is 0 Å². The summed E-state index contributed by atoms with van der Waals surface area (Å²) < 4.78 is 0. The SMILES string of the molecule is C1=CC2=NC1=CC1=NC(=CC3=NC(=CC4=NC(=C2)C=C4)C=C3)C=C1.[PbH2]. The zero-order valence-corrected chi connectivity index (χ0v) is 18.9. The van der Waals surface area contributed by atoms with Crippen LogP contribution < -0.4 is 0 Å². The van der Waals surface area contributed by atoms with E-state index in [1.807, 2.05) is 72.9 Å². The summed E-state index contributed by atoms with van der Waals surface area (Å²) in [6.45, 7) is 0. The van der Waals surface area contributed by atoms with Gasteiger partial charge in [-0.15, -0.1) is 0 Å². The van der Waals surface area contributed by atoms with Crippen molar-refractivity contribution in [3.63, 3.8) is 0 Å². The van der Waals surface area contributed by atoms with Gasteiger partial charge in [-0.25, -0.2) is 20.0 Å². The molecule has 0 unspecified atom stereocenters. The number of fused-ring (bicyclic) bond motifs is 4. The summed E-state index contributed by atoms with van der Waals surface area (Å²) in [4.78, 5) is 18.4. The average Bonchev–Trinajstić information content (AvgIpc) is 3.32. The van der Waals surface area contributed by atoms with Gasteiger partial charge in [-0.3, -0.25) is 0 Å². The molecule has 4 nitrogen and oxygen atoms in total. The van der Waals surface area contributed by atoms with Crippen LogP contribution in [0.1, 0.15) is 0 Å². The second kappa shape index (κ2) is 6.44. The molecule has 8 bridgehead atoms. The zero-order valence-electron chi connectivity index (χ0n) is 13.4. The number of aliphatic imine (C=N–C) groups is 4. The Labute approximate surface area is 165 Å². The molecule has 0 saturated heterocycles. The van der Waals surface area contributed by atoms with Gasteiger partial charge in [0.2, 0.25) is 0 Å². The van der Waals surface area contributed by atoms with E-state index in [2.05, 4.69) is 20.0 Å². The molecule has 0 atom stereocenters. The van der Waals surface area contributed by atoms with E-state index >= 15 is 0 Å². The van der Waals surface area contributed by atoms with E-state index in [4.69, 9.17) is 0 Å². The first kappa shape index (κ1) is 16.0. The Morgan fingerprint density at radius 2 is 0.600 bits per heavy atom. The van der Waals surface area contributed by atoms with Crippen LogP contribution in [-0.2, 0) is 0 Å². The second-order valence-electron chi connectivity index (χ2n) is 5.76. The van der Waals surface area contributed by atoms with Gasteiger partial charge in [-0.2, -0.15) is 0 Å². The van der Waals surface area contributed by atoms with E-state index in [1.54, 1.807) is 0 Å². The molecule has 0 aromatic rings. The maximum atomic E-state index is 4.59. The molecule has 0 saturated carbocycles. The Morgan fingerprint density at radius 3 is 0.840 bits per heavy atom. The van der Waals surface area contributed by atoms with Gasteiger partial charge >= 0.3 is 27.3 Å². The fourth-order valence-electron chi connectivity index (χ4n) is 2.83. The van der Waals surface area contributed by atoms with Crippen LogP contribution in [0, 0.1) is 0 Å². The van der Waals surface area contributed by atoms with Gasteiger partial charge in [-0.1, -0.05) is 0 Å². The predicted octanol–water partition coefficient (Wildman–Crippen LogP) is 2.66. The molecular weight excluding hydrogens is 503 g/mol. The number of nitrogens with zero attached hydrogens (tertiary/aromatic N) is 4. The van der Waals surface area contributed by atoms with E-state index in [0.717, 1.165) is 45.6 Å². The molecule has 0 spiro atoms. The summed E-state index contributed by atoms with van der Waals surface area (Å²) in [5.74, 6) is 0. The van der Waals surface area contributed by atoms with E-state index in [-0.39, 0.29) is 27.3 Å². The van der Waals surface area contributed by atoms with Gasteiger partial charge in [0.05, 0.1) is 45.6 Å². The van der Waals surface area contributed by atoms with Gasteiger partial charge in [0.15, 0.2) is 0 Å². The molecule has 5 aliphatic heterocycles. The molecule has 0 amide bonds. The van der Waals surface area contributed by atoms with E-state index < -0.39 is 0 Å². The Kier molecular flexibility index (Phi) is 4.12. The quantitative estimate of drug-likeness (QED) is 0.444. The van der Waals surface area contributed by atoms with E-state index in [1.165, 1.54) is 0 Å². The molecule has 0 aromatic heterocycles. The molecule has 2 radical (unpaired) electrons. The Morgan fingerprint density at radius 1 is 0.360 bits per heavy atom. The van der Waals surface area contributed by atoms with E-state index in [0.29, 0.717) is 0 Å². The molecular formula is C20H14N4Pb. The Hall–Kier alpha value is -2.48. The third kappa shape index (κ3) is 3.34. The van der Waals surface area contributed by atoms with Crippen molar-refractivity contribution >= 4 is 50.1 Å². The van der Waals surface area contributed by atoms with Crippen LogP contribution >= 0.6 is 0 Å². The molecule has 5 heterocycles. The summed E-state index contributed by atoms with van der Waals surface area (Å²) in [5.41, 5.74) is 7.15. The molecule has 5 aliphatic rings. The molecule has 0 N–H and O–H groups in total. The minimum absolute atomic E-state index is 0. The second-order valence-corrected chi connectivity index (χ2v) is 5.76. The molecule has 5 heteroatoms. The standard InChI is InChI=1S/C20H12N4.Pb.2H/c1-2-14-10-16-5-6-18(23-16)12-20-8-7-19(24-20)11-17-4-3-15(22-17)9-13(1)21-14;;;/h1-12H;;;. The van der Waals surface area contributed by atoms with Gasteiger partial charge in [0.25, 0.3) is 0 Å². The number of hydrogen-bond acceptors (Lipinski definition) is 4. The van der Waals surface area contributed by atoms with Crippen molar-refractivity contribution in [1.29, 1.82) is 0 Å². The third-order valence-electron chi connectivity index (χ3n) is 3.92. The first-order valence-corrected chi connectivity index (χ1v) is 7.74. The average molecular weight is 518 g/mol. The third-order valence-corrected chi connectivity index (χ3v) is 3.92. The molecule has 0 aliphatic carbocycles. The maximum absolute atomic E-state index is 4.59. The summed E-state index contributed by atoms with van der Waals surface area (Å²) >= 11 is 0. The van der Waals surface area contributed by atoms with Crippen molar-refractivity contribution < 1.29 is 0 Å². The summed E-state index contributed by atoms with van der Waals surface area (Å²) in [7, 11) is 0.